The Morgan fingerprint density at radius 1 is 1.13 bits per heavy atom. The quantitative estimate of drug-likeness (QED) is 0.800. The van der Waals surface area contributed by atoms with Gasteiger partial charge in [-0.3, -0.25) is 14.4 Å². The third-order valence-corrected chi connectivity index (χ3v) is 3.52. The molecule has 1 aromatic heterocycles. The second-order valence-corrected chi connectivity index (χ2v) is 5.69. The van der Waals surface area contributed by atoms with E-state index in [1.807, 2.05) is 0 Å². The van der Waals surface area contributed by atoms with Crippen LogP contribution >= 0.6 is 11.6 Å². The summed E-state index contributed by atoms with van der Waals surface area (Å²) in [7, 11) is 3.04. The molecule has 0 aliphatic carbocycles. The van der Waals surface area contributed by atoms with Gasteiger partial charge in [0.05, 0.1) is 5.69 Å². The summed E-state index contributed by atoms with van der Waals surface area (Å²) in [6.45, 7) is 1.26. The van der Waals surface area contributed by atoms with E-state index < -0.39 is 23.3 Å². The van der Waals surface area contributed by atoms with Crippen LogP contribution in [-0.4, -0.2) is 40.5 Å². The Morgan fingerprint density at radius 2 is 1.74 bits per heavy atom. The molecule has 0 bridgehead atoms. The molecule has 6 nitrogen and oxygen atoms in total. The zero-order chi connectivity index (χ0) is 17.1. The van der Waals surface area contributed by atoms with Crippen LogP contribution in [0.1, 0.15) is 13.0 Å². The standard InChI is InChI=1S/C16H16ClN3O3/c1-10(21)15(16(23)19(2)3)20-14(22)9-8-13(18-20)11-4-6-12(17)7-5-11/h4-9,15H,1-3H3/t15-/m1/s1. The number of hydrogen-bond donors (Lipinski definition) is 0. The molecule has 120 valence electrons. The zero-order valence-electron chi connectivity index (χ0n) is 13.0. The molecule has 1 amide bonds. The van der Waals surface area contributed by atoms with Crippen LogP contribution in [0.25, 0.3) is 11.3 Å². The number of Topliss-reactive ketones (excluding diaryl/α,β-unsaturated/α-hetero) is 1. The van der Waals surface area contributed by atoms with Crippen molar-refractivity contribution in [2.75, 3.05) is 14.1 Å². The van der Waals surface area contributed by atoms with Gasteiger partial charge in [-0.15, -0.1) is 0 Å². The van der Waals surface area contributed by atoms with Gasteiger partial charge in [0.1, 0.15) is 0 Å². The van der Waals surface area contributed by atoms with Crippen molar-refractivity contribution in [3.05, 3.63) is 51.8 Å². The topological polar surface area (TPSA) is 72.3 Å². The second-order valence-electron chi connectivity index (χ2n) is 5.25. The summed E-state index contributed by atoms with van der Waals surface area (Å²) in [4.78, 5) is 37.4. The molecule has 2 rings (SSSR count). The Morgan fingerprint density at radius 3 is 2.26 bits per heavy atom. The van der Waals surface area contributed by atoms with E-state index in [9.17, 15) is 14.4 Å². The maximum absolute atomic E-state index is 12.2. The number of benzene rings is 1. The summed E-state index contributed by atoms with van der Waals surface area (Å²) in [5.41, 5.74) is 0.681. The van der Waals surface area contributed by atoms with Gasteiger partial charge in [0.15, 0.2) is 11.8 Å². The van der Waals surface area contributed by atoms with Crippen molar-refractivity contribution in [1.29, 1.82) is 0 Å². The van der Waals surface area contributed by atoms with Gasteiger partial charge >= 0.3 is 0 Å². The Balaban J connectivity index is 2.55. The Hall–Kier alpha value is -2.47. The maximum atomic E-state index is 12.2. The first-order valence-electron chi connectivity index (χ1n) is 6.88. The van der Waals surface area contributed by atoms with Crippen LogP contribution in [0.15, 0.2) is 41.2 Å². The lowest BCUT2D eigenvalue weighted by Gasteiger charge is -2.19. The summed E-state index contributed by atoms with van der Waals surface area (Å²) < 4.78 is 0.925. The lowest BCUT2D eigenvalue weighted by atomic mass is 10.1. The smallest absolute Gasteiger partial charge is 0.267 e. The molecule has 2 aromatic rings. The van der Waals surface area contributed by atoms with Crippen molar-refractivity contribution in [1.82, 2.24) is 14.7 Å². The number of aromatic nitrogens is 2. The van der Waals surface area contributed by atoms with Crippen LogP contribution in [0.3, 0.4) is 0 Å². The van der Waals surface area contributed by atoms with Gasteiger partial charge in [0, 0.05) is 30.7 Å². The number of carbonyl (C=O) groups is 2. The normalized spacial score (nSPS) is 11.8. The molecule has 1 atom stereocenters. The van der Waals surface area contributed by atoms with Crippen molar-refractivity contribution < 1.29 is 9.59 Å². The van der Waals surface area contributed by atoms with Crippen LogP contribution < -0.4 is 5.56 Å². The van der Waals surface area contributed by atoms with E-state index in [-0.39, 0.29) is 0 Å². The molecule has 0 saturated carbocycles. The highest BCUT2D eigenvalue weighted by molar-refractivity contribution is 6.30. The first-order valence-corrected chi connectivity index (χ1v) is 7.26. The number of hydrogen-bond acceptors (Lipinski definition) is 4. The number of likely N-dealkylation sites (N-methyl/N-ethyl adjacent to an activating group) is 1. The second kappa shape index (κ2) is 6.75. The minimum absolute atomic E-state index is 0.452. The fourth-order valence-corrected chi connectivity index (χ4v) is 2.21. The molecular weight excluding hydrogens is 318 g/mol. The molecule has 1 heterocycles. The summed E-state index contributed by atoms with van der Waals surface area (Å²) in [6.07, 6.45) is 0. The summed E-state index contributed by atoms with van der Waals surface area (Å²) >= 11 is 5.85. The van der Waals surface area contributed by atoms with Crippen molar-refractivity contribution in [2.24, 2.45) is 0 Å². The predicted molar refractivity (Wildman–Crippen MR) is 87.4 cm³/mol. The third-order valence-electron chi connectivity index (χ3n) is 3.27. The summed E-state index contributed by atoms with van der Waals surface area (Å²) in [5, 5.41) is 4.77. The van der Waals surface area contributed by atoms with Crippen molar-refractivity contribution >= 4 is 23.3 Å². The van der Waals surface area contributed by atoms with Gasteiger partial charge < -0.3 is 4.90 Å². The van der Waals surface area contributed by atoms with E-state index in [0.717, 1.165) is 10.2 Å². The van der Waals surface area contributed by atoms with Gasteiger partial charge in [0.2, 0.25) is 0 Å². The molecule has 0 saturated heterocycles. The lowest BCUT2D eigenvalue weighted by molar-refractivity contribution is -0.138. The average Bonchev–Trinajstić information content (AvgIpc) is 2.49. The van der Waals surface area contributed by atoms with Gasteiger partial charge in [-0.1, -0.05) is 23.7 Å². The van der Waals surface area contributed by atoms with Crippen LogP contribution in [0.5, 0.6) is 0 Å². The number of carbonyl (C=O) groups excluding carboxylic acids is 2. The van der Waals surface area contributed by atoms with Crippen molar-refractivity contribution in [3.8, 4) is 11.3 Å². The van der Waals surface area contributed by atoms with E-state index in [1.165, 1.54) is 32.0 Å². The fourth-order valence-electron chi connectivity index (χ4n) is 2.08. The van der Waals surface area contributed by atoms with Crippen LogP contribution in [0.2, 0.25) is 5.02 Å². The molecule has 0 N–H and O–H groups in total. The highest BCUT2D eigenvalue weighted by Gasteiger charge is 2.29. The third kappa shape index (κ3) is 3.65. The van der Waals surface area contributed by atoms with E-state index in [4.69, 9.17) is 11.6 Å². The molecule has 23 heavy (non-hydrogen) atoms. The average molecular weight is 334 g/mol. The van der Waals surface area contributed by atoms with Gasteiger partial charge in [-0.05, 0) is 25.1 Å². The first-order chi connectivity index (χ1) is 10.8. The molecule has 0 radical (unpaired) electrons. The van der Waals surface area contributed by atoms with E-state index in [1.54, 1.807) is 30.3 Å². The van der Waals surface area contributed by atoms with Crippen LogP contribution in [0.4, 0.5) is 0 Å². The molecule has 0 fully saturated rings. The molecule has 0 unspecified atom stereocenters. The number of halogens is 1. The van der Waals surface area contributed by atoms with E-state index >= 15 is 0 Å². The Bertz CT molecular complexity index is 797. The monoisotopic (exact) mass is 333 g/mol. The van der Waals surface area contributed by atoms with Crippen molar-refractivity contribution in [3.63, 3.8) is 0 Å². The molecular formula is C16H16ClN3O3. The minimum atomic E-state index is -1.27. The highest BCUT2D eigenvalue weighted by atomic mass is 35.5. The summed E-state index contributed by atoms with van der Waals surface area (Å²) in [5.74, 6) is -0.952. The largest absolute Gasteiger partial charge is 0.347 e. The van der Waals surface area contributed by atoms with Crippen LogP contribution in [0, 0.1) is 0 Å². The first kappa shape index (κ1) is 16.9. The van der Waals surface area contributed by atoms with Gasteiger partial charge in [-0.2, -0.15) is 5.10 Å². The summed E-state index contributed by atoms with van der Waals surface area (Å²) in [6, 6.07) is 8.44. The SMILES string of the molecule is CC(=O)[C@H](C(=O)N(C)C)n1nc(-c2ccc(Cl)cc2)ccc1=O. The highest BCUT2D eigenvalue weighted by Crippen LogP contribution is 2.19. The Kier molecular flexibility index (Phi) is 4.95. The number of nitrogens with zero attached hydrogens (tertiary/aromatic N) is 3. The molecule has 0 spiro atoms. The number of amides is 1. The number of rotatable bonds is 4. The molecule has 0 aliphatic rings. The number of ketones is 1. The van der Waals surface area contributed by atoms with Crippen LogP contribution in [-0.2, 0) is 9.59 Å². The van der Waals surface area contributed by atoms with E-state index in [0.29, 0.717) is 10.7 Å². The van der Waals surface area contributed by atoms with Crippen molar-refractivity contribution in [2.45, 2.75) is 13.0 Å². The van der Waals surface area contributed by atoms with Gasteiger partial charge in [0.25, 0.3) is 11.5 Å². The molecule has 7 heteroatoms. The zero-order valence-corrected chi connectivity index (χ0v) is 13.7. The Labute approximate surface area is 138 Å². The molecule has 0 aliphatic heterocycles. The van der Waals surface area contributed by atoms with E-state index in [2.05, 4.69) is 5.10 Å². The fraction of sp³-hybridized carbons (Fsp3) is 0.250. The maximum Gasteiger partial charge on any atom is 0.267 e. The minimum Gasteiger partial charge on any atom is -0.347 e. The molecule has 1 aromatic carbocycles. The predicted octanol–water partition coefficient (Wildman–Crippen LogP) is 1.78. The lowest BCUT2D eigenvalue weighted by Crippen LogP contribution is -2.41. The van der Waals surface area contributed by atoms with Gasteiger partial charge in [-0.25, -0.2) is 4.68 Å².